The lowest BCUT2D eigenvalue weighted by Crippen LogP contribution is -2.49. The van der Waals surface area contributed by atoms with E-state index in [0.717, 1.165) is 5.70 Å². The summed E-state index contributed by atoms with van der Waals surface area (Å²) in [7, 11) is 0. The van der Waals surface area contributed by atoms with Crippen molar-refractivity contribution in [1.82, 2.24) is 5.32 Å². The normalized spacial score (nSPS) is 34.1. The second-order valence-electron chi connectivity index (χ2n) is 3.76. The van der Waals surface area contributed by atoms with Crippen LogP contribution in [0.15, 0.2) is 36.6 Å². The number of allylic oxidation sites excluding steroid dienone is 2. The summed E-state index contributed by atoms with van der Waals surface area (Å²) in [4.78, 5) is 11.5. The van der Waals surface area contributed by atoms with E-state index in [4.69, 9.17) is 4.74 Å². The van der Waals surface area contributed by atoms with Crippen LogP contribution < -0.4 is 5.32 Å². The highest BCUT2D eigenvalue weighted by Gasteiger charge is 2.35. The fourth-order valence-corrected chi connectivity index (χ4v) is 1.91. The molecule has 1 heterocycles. The fourth-order valence-electron chi connectivity index (χ4n) is 1.91. The Labute approximate surface area is 89.5 Å². The molecule has 1 N–H and O–H groups in total. The van der Waals surface area contributed by atoms with Gasteiger partial charge in [0.2, 0.25) is 0 Å². The van der Waals surface area contributed by atoms with E-state index in [9.17, 15) is 4.79 Å². The Morgan fingerprint density at radius 3 is 3.13 bits per heavy atom. The Bertz CT molecular complexity index is 344. The maximum atomic E-state index is 11.5. The SMILES string of the molecule is C=CC1C=CC=C2NC(=O)C(CC)OC21. The van der Waals surface area contributed by atoms with Gasteiger partial charge in [0.1, 0.15) is 12.2 Å². The van der Waals surface area contributed by atoms with E-state index in [2.05, 4.69) is 11.9 Å². The van der Waals surface area contributed by atoms with E-state index in [1.165, 1.54) is 0 Å². The molecule has 1 fully saturated rings. The molecule has 1 amide bonds. The molecule has 1 saturated heterocycles. The number of amides is 1. The van der Waals surface area contributed by atoms with E-state index >= 15 is 0 Å². The first-order valence-electron chi connectivity index (χ1n) is 5.23. The molecule has 15 heavy (non-hydrogen) atoms. The molecular weight excluding hydrogens is 190 g/mol. The Balaban J connectivity index is 2.22. The minimum absolute atomic E-state index is 0.0434. The van der Waals surface area contributed by atoms with Gasteiger partial charge in [0.25, 0.3) is 5.91 Å². The molecule has 0 aromatic heterocycles. The quantitative estimate of drug-likeness (QED) is 0.694. The van der Waals surface area contributed by atoms with E-state index in [0.29, 0.717) is 6.42 Å². The van der Waals surface area contributed by atoms with Crippen LogP contribution in [0.5, 0.6) is 0 Å². The number of morpholine rings is 1. The van der Waals surface area contributed by atoms with Crippen molar-refractivity contribution in [2.45, 2.75) is 25.6 Å². The van der Waals surface area contributed by atoms with Crippen LogP contribution in [-0.4, -0.2) is 18.1 Å². The third kappa shape index (κ3) is 1.75. The van der Waals surface area contributed by atoms with Gasteiger partial charge >= 0.3 is 0 Å². The first-order chi connectivity index (χ1) is 7.26. The molecule has 80 valence electrons. The van der Waals surface area contributed by atoms with Gasteiger partial charge in [-0.05, 0) is 12.5 Å². The molecule has 3 nitrogen and oxygen atoms in total. The van der Waals surface area contributed by atoms with E-state index < -0.39 is 0 Å². The van der Waals surface area contributed by atoms with Crippen LogP contribution in [0.4, 0.5) is 0 Å². The van der Waals surface area contributed by atoms with Gasteiger partial charge in [0, 0.05) is 11.6 Å². The van der Waals surface area contributed by atoms with Crippen LogP contribution in [0, 0.1) is 5.92 Å². The molecule has 3 atom stereocenters. The van der Waals surface area contributed by atoms with Crippen molar-refractivity contribution in [3.63, 3.8) is 0 Å². The van der Waals surface area contributed by atoms with Crippen molar-refractivity contribution >= 4 is 5.91 Å². The van der Waals surface area contributed by atoms with Crippen LogP contribution in [0.2, 0.25) is 0 Å². The summed E-state index contributed by atoms with van der Waals surface area (Å²) >= 11 is 0. The summed E-state index contributed by atoms with van der Waals surface area (Å²) in [5, 5.41) is 2.88. The lowest BCUT2D eigenvalue weighted by Gasteiger charge is -2.35. The largest absolute Gasteiger partial charge is 0.358 e. The zero-order valence-electron chi connectivity index (χ0n) is 8.77. The molecule has 2 aliphatic rings. The second kappa shape index (κ2) is 4.03. The lowest BCUT2D eigenvalue weighted by molar-refractivity contribution is -0.141. The molecule has 0 aromatic carbocycles. The number of hydrogen-bond donors (Lipinski definition) is 1. The summed E-state index contributed by atoms with van der Waals surface area (Å²) in [5.41, 5.74) is 0.845. The lowest BCUT2D eigenvalue weighted by atomic mass is 9.93. The van der Waals surface area contributed by atoms with Gasteiger partial charge in [-0.15, -0.1) is 6.58 Å². The number of ether oxygens (including phenoxy) is 1. The third-order valence-electron chi connectivity index (χ3n) is 2.78. The highest BCUT2D eigenvalue weighted by Crippen LogP contribution is 2.27. The fraction of sp³-hybridized carbons (Fsp3) is 0.417. The van der Waals surface area contributed by atoms with Gasteiger partial charge in [-0.2, -0.15) is 0 Å². The van der Waals surface area contributed by atoms with Gasteiger partial charge in [0.05, 0.1) is 0 Å². The number of carbonyl (C=O) groups is 1. The number of fused-ring (bicyclic) bond motifs is 1. The average molecular weight is 205 g/mol. The van der Waals surface area contributed by atoms with Gasteiger partial charge in [0.15, 0.2) is 0 Å². The smallest absolute Gasteiger partial charge is 0.253 e. The third-order valence-corrected chi connectivity index (χ3v) is 2.78. The molecule has 3 unspecified atom stereocenters. The molecule has 0 radical (unpaired) electrons. The highest BCUT2D eigenvalue weighted by atomic mass is 16.5. The first-order valence-corrected chi connectivity index (χ1v) is 5.23. The summed E-state index contributed by atoms with van der Waals surface area (Å²) in [5.74, 6) is 0.109. The number of nitrogens with one attached hydrogen (secondary N) is 1. The predicted octanol–water partition coefficient (Wildman–Crippen LogP) is 1.54. The van der Waals surface area contributed by atoms with Crippen molar-refractivity contribution in [2.24, 2.45) is 5.92 Å². The monoisotopic (exact) mass is 205 g/mol. The number of rotatable bonds is 2. The van der Waals surface area contributed by atoms with Crippen molar-refractivity contribution in [2.75, 3.05) is 0 Å². The summed E-state index contributed by atoms with van der Waals surface area (Å²) in [6, 6.07) is 0. The van der Waals surface area contributed by atoms with Gasteiger partial charge in [-0.25, -0.2) is 0 Å². The molecule has 0 spiro atoms. The summed E-state index contributed by atoms with van der Waals surface area (Å²) in [6.45, 7) is 5.72. The standard InChI is InChI=1S/C12H15NO2/c1-3-8-6-5-7-9-11(8)15-10(4-2)12(14)13-9/h3,5-8,10-11H,1,4H2,2H3,(H,13,14). The topological polar surface area (TPSA) is 38.3 Å². The highest BCUT2D eigenvalue weighted by molar-refractivity contribution is 5.83. The number of carbonyl (C=O) groups excluding carboxylic acids is 1. The van der Waals surface area contributed by atoms with Crippen LogP contribution >= 0.6 is 0 Å². The van der Waals surface area contributed by atoms with Crippen molar-refractivity contribution < 1.29 is 9.53 Å². The van der Waals surface area contributed by atoms with Crippen LogP contribution in [0.25, 0.3) is 0 Å². The first kappa shape index (κ1) is 10.2. The second-order valence-corrected chi connectivity index (χ2v) is 3.76. The molecule has 1 aliphatic carbocycles. The van der Waals surface area contributed by atoms with Crippen LogP contribution in [0.3, 0.4) is 0 Å². The van der Waals surface area contributed by atoms with E-state index in [1.54, 1.807) is 0 Å². The Morgan fingerprint density at radius 2 is 2.47 bits per heavy atom. The Hall–Kier alpha value is -1.35. The van der Waals surface area contributed by atoms with Crippen molar-refractivity contribution in [3.05, 3.63) is 36.6 Å². The minimum atomic E-state index is -0.332. The maximum Gasteiger partial charge on any atom is 0.253 e. The zero-order chi connectivity index (χ0) is 10.8. The average Bonchev–Trinajstić information content (AvgIpc) is 2.27. The van der Waals surface area contributed by atoms with Crippen molar-refractivity contribution in [3.8, 4) is 0 Å². The molecule has 1 aliphatic heterocycles. The van der Waals surface area contributed by atoms with Crippen LogP contribution in [-0.2, 0) is 9.53 Å². The predicted molar refractivity (Wildman–Crippen MR) is 58.0 cm³/mol. The van der Waals surface area contributed by atoms with Gasteiger partial charge in [-0.1, -0.05) is 25.2 Å². The summed E-state index contributed by atoms with van der Waals surface area (Å²) in [6.07, 6.45) is 7.98. The van der Waals surface area contributed by atoms with E-state index in [1.807, 2.05) is 31.2 Å². The van der Waals surface area contributed by atoms with Gasteiger partial charge < -0.3 is 10.1 Å². The molecule has 0 saturated carbocycles. The molecule has 3 heteroatoms. The van der Waals surface area contributed by atoms with E-state index in [-0.39, 0.29) is 24.0 Å². The van der Waals surface area contributed by atoms with Crippen LogP contribution in [0.1, 0.15) is 13.3 Å². The molecule has 2 rings (SSSR count). The van der Waals surface area contributed by atoms with Gasteiger partial charge in [-0.3, -0.25) is 4.79 Å². The summed E-state index contributed by atoms with van der Waals surface area (Å²) < 4.78 is 5.75. The molecule has 0 aromatic rings. The Morgan fingerprint density at radius 1 is 1.67 bits per heavy atom. The number of hydrogen-bond acceptors (Lipinski definition) is 2. The van der Waals surface area contributed by atoms with Crippen molar-refractivity contribution in [1.29, 1.82) is 0 Å². The zero-order valence-corrected chi connectivity index (χ0v) is 8.77. The molecule has 0 bridgehead atoms. The minimum Gasteiger partial charge on any atom is -0.358 e. The maximum absolute atomic E-state index is 11.5. The molecular formula is C12H15NO2. The Kier molecular flexibility index (Phi) is 2.73.